The van der Waals surface area contributed by atoms with Gasteiger partial charge in [0, 0.05) is 5.56 Å². The largest absolute Gasteiger partial charge is 0.206 e. The van der Waals surface area contributed by atoms with Crippen molar-refractivity contribution >= 4 is 0 Å². The van der Waals surface area contributed by atoms with E-state index >= 15 is 0 Å². The molecule has 2 aromatic rings. The third kappa shape index (κ3) is 3.36. The Labute approximate surface area is 121 Å². The Balaban J connectivity index is 2.31. The Kier molecular flexibility index (Phi) is 4.73. The lowest BCUT2D eigenvalue weighted by Gasteiger charge is -2.10. The molecule has 0 spiro atoms. The van der Waals surface area contributed by atoms with Crippen molar-refractivity contribution in [2.45, 2.75) is 32.6 Å². The minimum Gasteiger partial charge on any atom is -0.206 e. The van der Waals surface area contributed by atoms with Crippen LogP contribution in [0, 0.1) is 5.82 Å². The van der Waals surface area contributed by atoms with Gasteiger partial charge >= 0.3 is 0 Å². The van der Waals surface area contributed by atoms with E-state index in [1.807, 2.05) is 30.3 Å². The molecule has 1 heteroatoms. The SMILES string of the molecule is C=CCCc1ccc(-c2cc(C(C)C)ccc2F)cc1. The van der Waals surface area contributed by atoms with Crippen LogP contribution in [0.25, 0.3) is 11.1 Å². The highest BCUT2D eigenvalue weighted by atomic mass is 19.1. The summed E-state index contributed by atoms with van der Waals surface area (Å²) in [5.41, 5.74) is 4.05. The minimum atomic E-state index is -0.159. The second-order valence-corrected chi connectivity index (χ2v) is 5.42. The Morgan fingerprint density at radius 3 is 2.40 bits per heavy atom. The van der Waals surface area contributed by atoms with Crippen LogP contribution in [0.15, 0.2) is 55.1 Å². The molecule has 0 radical (unpaired) electrons. The van der Waals surface area contributed by atoms with Crippen LogP contribution in [-0.4, -0.2) is 0 Å². The van der Waals surface area contributed by atoms with Crippen LogP contribution in [0.5, 0.6) is 0 Å². The molecule has 2 aromatic carbocycles. The fourth-order valence-corrected chi connectivity index (χ4v) is 2.24. The molecule has 0 bridgehead atoms. The highest BCUT2D eigenvalue weighted by molar-refractivity contribution is 5.65. The molecule has 0 aromatic heterocycles. The van der Waals surface area contributed by atoms with E-state index in [9.17, 15) is 4.39 Å². The molecule has 104 valence electrons. The first-order valence-corrected chi connectivity index (χ1v) is 7.11. The molecule has 2 rings (SSSR count). The van der Waals surface area contributed by atoms with Crippen molar-refractivity contribution in [3.63, 3.8) is 0 Å². The van der Waals surface area contributed by atoms with Gasteiger partial charge in [0.1, 0.15) is 5.82 Å². The minimum absolute atomic E-state index is 0.159. The predicted octanol–water partition coefficient (Wildman–Crippen LogP) is 5.73. The average Bonchev–Trinajstić information content (AvgIpc) is 2.46. The lowest BCUT2D eigenvalue weighted by molar-refractivity contribution is 0.630. The summed E-state index contributed by atoms with van der Waals surface area (Å²) in [7, 11) is 0. The van der Waals surface area contributed by atoms with Crippen molar-refractivity contribution in [1.82, 2.24) is 0 Å². The second kappa shape index (κ2) is 6.51. The summed E-state index contributed by atoms with van der Waals surface area (Å²) in [5.74, 6) is 0.245. The number of hydrogen-bond acceptors (Lipinski definition) is 0. The number of hydrogen-bond donors (Lipinski definition) is 0. The van der Waals surface area contributed by atoms with Crippen molar-refractivity contribution in [1.29, 1.82) is 0 Å². The Bertz CT molecular complexity index is 579. The normalized spacial score (nSPS) is 10.8. The van der Waals surface area contributed by atoms with Gasteiger partial charge < -0.3 is 0 Å². The molecular formula is C19H21F. The van der Waals surface area contributed by atoms with Gasteiger partial charge in [-0.15, -0.1) is 6.58 Å². The molecule has 0 nitrogen and oxygen atoms in total. The van der Waals surface area contributed by atoms with E-state index in [1.165, 1.54) is 5.56 Å². The maximum atomic E-state index is 14.0. The number of aryl methyl sites for hydroxylation is 1. The van der Waals surface area contributed by atoms with Crippen LogP contribution in [0.2, 0.25) is 0 Å². The predicted molar refractivity (Wildman–Crippen MR) is 84.4 cm³/mol. The van der Waals surface area contributed by atoms with Crippen LogP contribution in [-0.2, 0) is 6.42 Å². The smallest absolute Gasteiger partial charge is 0.131 e. The van der Waals surface area contributed by atoms with Crippen LogP contribution in [0.4, 0.5) is 4.39 Å². The lowest BCUT2D eigenvalue weighted by Crippen LogP contribution is -1.92. The van der Waals surface area contributed by atoms with Gasteiger partial charge in [-0.1, -0.05) is 50.3 Å². The molecule has 0 fully saturated rings. The zero-order chi connectivity index (χ0) is 14.5. The van der Waals surface area contributed by atoms with Gasteiger partial charge in [-0.2, -0.15) is 0 Å². The molecule has 0 aliphatic rings. The van der Waals surface area contributed by atoms with E-state index in [0.717, 1.165) is 24.0 Å². The molecule has 0 heterocycles. The molecular weight excluding hydrogens is 247 g/mol. The highest BCUT2D eigenvalue weighted by Crippen LogP contribution is 2.27. The van der Waals surface area contributed by atoms with Crippen molar-refractivity contribution in [2.24, 2.45) is 0 Å². The standard InChI is InChI=1S/C19H21F/c1-4-5-6-15-7-9-16(10-8-15)18-13-17(14(2)3)11-12-19(18)20/h4,7-14H,1,5-6H2,2-3H3. The maximum Gasteiger partial charge on any atom is 0.131 e. The summed E-state index contributed by atoms with van der Waals surface area (Å²) in [6, 6.07) is 13.5. The van der Waals surface area contributed by atoms with E-state index < -0.39 is 0 Å². The third-order valence-corrected chi connectivity index (χ3v) is 3.56. The summed E-state index contributed by atoms with van der Waals surface area (Å²) in [5, 5.41) is 0. The summed E-state index contributed by atoms with van der Waals surface area (Å²) < 4.78 is 14.0. The van der Waals surface area contributed by atoms with Crippen LogP contribution < -0.4 is 0 Å². The molecule has 0 saturated heterocycles. The van der Waals surface area contributed by atoms with Gasteiger partial charge in [-0.25, -0.2) is 4.39 Å². The monoisotopic (exact) mass is 268 g/mol. The van der Waals surface area contributed by atoms with Crippen molar-refractivity contribution in [2.75, 3.05) is 0 Å². The van der Waals surface area contributed by atoms with Gasteiger partial charge in [0.15, 0.2) is 0 Å². The van der Waals surface area contributed by atoms with E-state index in [2.05, 4.69) is 32.6 Å². The van der Waals surface area contributed by atoms with E-state index in [0.29, 0.717) is 11.5 Å². The van der Waals surface area contributed by atoms with Crippen molar-refractivity contribution in [3.8, 4) is 11.1 Å². The van der Waals surface area contributed by atoms with Crippen molar-refractivity contribution < 1.29 is 4.39 Å². The fraction of sp³-hybridized carbons (Fsp3) is 0.263. The van der Waals surface area contributed by atoms with Crippen LogP contribution in [0.1, 0.15) is 37.3 Å². The highest BCUT2D eigenvalue weighted by Gasteiger charge is 2.08. The first-order chi connectivity index (χ1) is 9.61. The lowest BCUT2D eigenvalue weighted by atomic mass is 9.96. The van der Waals surface area contributed by atoms with E-state index in [-0.39, 0.29) is 5.82 Å². The Morgan fingerprint density at radius 1 is 1.10 bits per heavy atom. The first-order valence-electron chi connectivity index (χ1n) is 7.11. The quantitative estimate of drug-likeness (QED) is 0.607. The number of benzene rings is 2. The fourth-order valence-electron chi connectivity index (χ4n) is 2.24. The first kappa shape index (κ1) is 14.5. The van der Waals surface area contributed by atoms with E-state index in [4.69, 9.17) is 0 Å². The zero-order valence-corrected chi connectivity index (χ0v) is 12.2. The summed E-state index contributed by atoms with van der Waals surface area (Å²) in [6.07, 6.45) is 3.87. The molecule has 0 aliphatic heterocycles. The molecule has 0 aliphatic carbocycles. The van der Waals surface area contributed by atoms with Gasteiger partial charge in [0.05, 0.1) is 0 Å². The average molecular weight is 268 g/mol. The summed E-state index contributed by atoms with van der Waals surface area (Å²) in [6.45, 7) is 7.97. The van der Waals surface area contributed by atoms with Gasteiger partial charge in [-0.3, -0.25) is 0 Å². The third-order valence-electron chi connectivity index (χ3n) is 3.56. The zero-order valence-electron chi connectivity index (χ0n) is 12.2. The van der Waals surface area contributed by atoms with E-state index in [1.54, 1.807) is 6.07 Å². The second-order valence-electron chi connectivity index (χ2n) is 5.42. The van der Waals surface area contributed by atoms with Crippen LogP contribution >= 0.6 is 0 Å². The summed E-state index contributed by atoms with van der Waals surface area (Å²) in [4.78, 5) is 0. The van der Waals surface area contributed by atoms with Gasteiger partial charge in [0.2, 0.25) is 0 Å². The molecule has 20 heavy (non-hydrogen) atoms. The van der Waals surface area contributed by atoms with Gasteiger partial charge in [0.25, 0.3) is 0 Å². The summed E-state index contributed by atoms with van der Waals surface area (Å²) >= 11 is 0. The topological polar surface area (TPSA) is 0 Å². The maximum absolute atomic E-state index is 14.0. The van der Waals surface area contributed by atoms with Gasteiger partial charge in [-0.05, 0) is 47.6 Å². The number of rotatable bonds is 5. The van der Waals surface area contributed by atoms with Crippen molar-refractivity contribution in [3.05, 3.63) is 72.1 Å². The number of halogens is 1. The molecule has 0 atom stereocenters. The Morgan fingerprint density at radius 2 is 1.80 bits per heavy atom. The Hall–Kier alpha value is -1.89. The molecule has 0 amide bonds. The number of allylic oxidation sites excluding steroid dienone is 1. The molecule has 0 unspecified atom stereocenters. The van der Waals surface area contributed by atoms with Crippen LogP contribution in [0.3, 0.4) is 0 Å². The molecule has 0 N–H and O–H groups in total. The molecule has 0 saturated carbocycles.